The van der Waals surface area contributed by atoms with Gasteiger partial charge in [-0.2, -0.15) is 0 Å². The average molecular weight is 682 g/mol. The van der Waals surface area contributed by atoms with Gasteiger partial charge in [-0.1, -0.05) is 30.3 Å². The van der Waals surface area contributed by atoms with Crippen LogP contribution in [0.1, 0.15) is 62.5 Å². The Balaban J connectivity index is 1.84. The summed E-state index contributed by atoms with van der Waals surface area (Å²) in [5, 5.41) is 22.1. The van der Waals surface area contributed by atoms with Gasteiger partial charge in [0.05, 0.1) is 6.04 Å². The summed E-state index contributed by atoms with van der Waals surface area (Å²) in [5.74, 6) is -1.58. The number of phenols is 1. The molecule has 0 spiro atoms. The topological polar surface area (TPSA) is 267 Å². The molecule has 0 saturated carbocycles. The van der Waals surface area contributed by atoms with Crippen LogP contribution in [0.2, 0.25) is 0 Å². The van der Waals surface area contributed by atoms with Gasteiger partial charge in [0.2, 0.25) is 23.6 Å². The average Bonchev–Trinajstić information content (AvgIpc) is 3.07. The SMILES string of the molecule is NCCC[C@H](N)CNC(=O)C[C@H](CCCN)NC(=O)C[C@H]1Cc2cccc(c2)-c2ccc(O)c(c2)CC(N)C(=O)N[C@@H](CCCN)C(=O)N1. The summed E-state index contributed by atoms with van der Waals surface area (Å²) in [6, 6.07) is 9.53. The third kappa shape index (κ3) is 13.4. The molecule has 14 heteroatoms. The summed E-state index contributed by atoms with van der Waals surface area (Å²) in [6.45, 7) is 1.54. The van der Waals surface area contributed by atoms with Gasteiger partial charge in [-0.25, -0.2) is 0 Å². The second-order valence-corrected chi connectivity index (χ2v) is 12.9. The highest BCUT2D eigenvalue weighted by Gasteiger charge is 2.28. The summed E-state index contributed by atoms with van der Waals surface area (Å²) in [7, 11) is 0. The monoisotopic (exact) mass is 681 g/mol. The summed E-state index contributed by atoms with van der Waals surface area (Å²) < 4.78 is 0. The molecule has 3 rings (SSSR count). The molecule has 1 unspecified atom stereocenters. The van der Waals surface area contributed by atoms with E-state index in [1.165, 1.54) is 0 Å². The molecule has 4 bridgehead atoms. The highest BCUT2D eigenvalue weighted by Crippen LogP contribution is 2.28. The molecule has 1 heterocycles. The number of carbonyl (C=O) groups is 4. The molecule has 1 aliphatic rings. The molecule has 0 aromatic heterocycles. The number of carbonyl (C=O) groups excluding carboxylic acids is 4. The lowest BCUT2D eigenvalue weighted by Gasteiger charge is -2.25. The standard InChI is InChI=1S/C35H55N9O5/c36-12-2-7-26(39)21-41-32(46)19-27(8-3-13-37)42-33(47)20-28-16-22-5-1-6-23(15-22)24-10-11-31(45)25(17-24)18-29(40)34(48)44-30(9-4-14-38)35(49)43-28/h1,5-6,10-11,15,17,26-30,45H,2-4,7-9,12-14,16,18-21,36-40H2,(H,41,46)(H,42,47)(H,43,49)(H,44,48)/t26-,27-,28+,29?,30-/m0/s1. The smallest absolute Gasteiger partial charge is 0.242 e. The van der Waals surface area contributed by atoms with Crippen LogP contribution in [0.25, 0.3) is 11.1 Å². The van der Waals surface area contributed by atoms with Crippen molar-refractivity contribution >= 4 is 23.6 Å². The van der Waals surface area contributed by atoms with Crippen molar-refractivity contribution in [1.82, 2.24) is 21.3 Å². The van der Waals surface area contributed by atoms with Gasteiger partial charge in [0, 0.05) is 43.9 Å². The van der Waals surface area contributed by atoms with E-state index in [1.54, 1.807) is 18.2 Å². The molecule has 2 aromatic carbocycles. The molecule has 5 atom stereocenters. The summed E-state index contributed by atoms with van der Waals surface area (Å²) in [4.78, 5) is 53.1. The summed E-state index contributed by atoms with van der Waals surface area (Å²) >= 11 is 0. The summed E-state index contributed by atoms with van der Waals surface area (Å²) in [5.41, 5.74) is 32.4. The zero-order chi connectivity index (χ0) is 35.8. The van der Waals surface area contributed by atoms with Crippen molar-refractivity contribution in [3.63, 3.8) is 0 Å². The lowest BCUT2D eigenvalue weighted by atomic mass is 9.95. The van der Waals surface area contributed by atoms with Gasteiger partial charge in [-0.05, 0) is 99.0 Å². The van der Waals surface area contributed by atoms with E-state index >= 15 is 0 Å². The van der Waals surface area contributed by atoms with Gasteiger partial charge in [0.15, 0.2) is 0 Å². The van der Waals surface area contributed by atoms with Crippen molar-refractivity contribution in [3.05, 3.63) is 53.6 Å². The molecule has 0 saturated heterocycles. The van der Waals surface area contributed by atoms with Crippen molar-refractivity contribution in [2.75, 3.05) is 26.2 Å². The number of rotatable bonds is 16. The molecule has 4 amide bonds. The Morgan fingerprint density at radius 3 is 2.33 bits per heavy atom. The lowest BCUT2D eigenvalue weighted by molar-refractivity contribution is -0.130. The van der Waals surface area contributed by atoms with Crippen LogP contribution < -0.4 is 49.9 Å². The zero-order valence-corrected chi connectivity index (χ0v) is 28.3. The highest BCUT2D eigenvalue weighted by molar-refractivity contribution is 5.90. The number of benzene rings is 2. The van der Waals surface area contributed by atoms with Gasteiger partial charge in [-0.3, -0.25) is 19.2 Å². The van der Waals surface area contributed by atoms with Crippen LogP contribution in [0.3, 0.4) is 0 Å². The number of hydrogen-bond acceptors (Lipinski definition) is 10. The zero-order valence-electron chi connectivity index (χ0n) is 28.3. The number of nitrogens with two attached hydrogens (primary N) is 5. The first-order chi connectivity index (χ1) is 23.5. The Hall–Kier alpha value is -4.08. The maximum Gasteiger partial charge on any atom is 0.242 e. The van der Waals surface area contributed by atoms with E-state index in [-0.39, 0.29) is 49.3 Å². The van der Waals surface area contributed by atoms with Crippen molar-refractivity contribution in [2.24, 2.45) is 28.7 Å². The molecular formula is C35H55N9O5. The quantitative estimate of drug-likeness (QED) is 0.107. The van der Waals surface area contributed by atoms with Gasteiger partial charge >= 0.3 is 0 Å². The summed E-state index contributed by atoms with van der Waals surface area (Å²) in [6.07, 6.45) is 3.62. The Labute approximate surface area is 288 Å². The largest absolute Gasteiger partial charge is 0.508 e. The van der Waals surface area contributed by atoms with E-state index in [4.69, 9.17) is 28.7 Å². The first-order valence-corrected chi connectivity index (χ1v) is 17.2. The van der Waals surface area contributed by atoms with Crippen LogP contribution in [0.5, 0.6) is 5.75 Å². The van der Waals surface area contributed by atoms with E-state index in [9.17, 15) is 24.3 Å². The normalized spacial score (nSPS) is 19.4. The molecule has 270 valence electrons. The molecule has 0 fully saturated rings. The Morgan fingerprint density at radius 2 is 1.59 bits per heavy atom. The van der Waals surface area contributed by atoms with Crippen molar-refractivity contribution < 1.29 is 24.3 Å². The van der Waals surface area contributed by atoms with Crippen LogP contribution in [-0.2, 0) is 32.0 Å². The highest BCUT2D eigenvalue weighted by atomic mass is 16.3. The molecule has 2 aromatic rings. The molecule has 1 aliphatic heterocycles. The fourth-order valence-electron chi connectivity index (χ4n) is 5.89. The molecule has 0 radical (unpaired) electrons. The van der Waals surface area contributed by atoms with Crippen molar-refractivity contribution in [3.8, 4) is 16.9 Å². The van der Waals surface area contributed by atoms with Crippen molar-refractivity contribution in [1.29, 1.82) is 0 Å². The number of hydrogen-bond donors (Lipinski definition) is 10. The molecule has 14 nitrogen and oxygen atoms in total. The Morgan fingerprint density at radius 1 is 0.878 bits per heavy atom. The Bertz CT molecular complexity index is 1390. The predicted molar refractivity (Wildman–Crippen MR) is 190 cm³/mol. The second kappa shape index (κ2) is 20.4. The molecular weight excluding hydrogens is 626 g/mol. The van der Waals surface area contributed by atoms with E-state index < -0.39 is 36.0 Å². The maximum atomic E-state index is 13.7. The van der Waals surface area contributed by atoms with Crippen LogP contribution in [-0.4, -0.2) is 85.1 Å². The minimum absolute atomic E-state index is 0.0179. The minimum atomic E-state index is -1.03. The van der Waals surface area contributed by atoms with Crippen molar-refractivity contribution in [2.45, 2.75) is 94.4 Å². The Kier molecular flexibility index (Phi) is 16.4. The van der Waals surface area contributed by atoms with Crippen LogP contribution >= 0.6 is 0 Å². The van der Waals surface area contributed by atoms with E-state index in [1.807, 2.05) is 24.3 Å². The molecule has 0 aliphatic carbocycles. The first-order valence-electron chi connectivity index (χ1n) is 17.2. The molecule has 49 heavy (non-hydrogen) atoms. The molecule has 15 N–H and O–H groups in total. The van der Waals surface area contributed by atoms with E-state index in [0.717, 1.165) is 23.1 Å². The van der Waals surface area contributed by atoms with Crippen LogP contribution in [0.15, 0.2) is 42.5 Å². The predicted octanol–water partition coefficient (Wildman–Crippen LogP) is -0.620. The van der Waals surface area contributed by atoms with Gasteiger partial charge in [0.25, 0.3) is 0 Å². The number of phenolic OH excluding ortho intramolecular Hbond substituents is 1. The van der Waals surface area contributed by atoms with Crippen LogP contribution in [0, 0.1) is 0 Å². The second-order valence-electron chi connectivity index (χ2n) is 12.9. The number of nitrogens with one attached hydrogen (secondary N) is 4. The number of aromatic hydroxyl groups is 1. The van der Waals surface area contributed by atoms with Gasteiger partial charge < -0.3 is 55.0 Å². The lowest BCUT2D eigenvalue weighted by Crippen LogP contribution is -2.54. The fourth-order valence-corrected chi connectivity index (χ4v) is 5.89. The maximum absolute atomic E-state index is 13.7. The minimum Gasteiger partial charge on any atom is -0.508 e. The first kappa shape index (κ1) is 39.4. The van der Waals surface area contributed by atoms with E-state index in [0.29, 0.717) is 63.8 Å². The van der Waals surface area contributed by atoms with E-state index in [2.05, 4.69) is 21.3 Å². The van der Waals surface area contributed by atoms with Crippen LogP contribution in [0.4, 0.5) is 0 Å². The van der Waals surface area contributed by atoms with Gasteiger partial charge in [0.1, 0.15) is 11.8 Å². The number of fused-ring (bicyclic) bond motifs is 5. The fraction of sp³-hybridized carbons (Fsp3) is 0.543. The number of amides is 4. The van der Waals surface area contributed by atoms with Gasteiger partial charge in [-0.15, -0.1) is 0 Å². The third-order valence-electron chi connectivity index (χ3n) is 8.60. The third-order valence-corrected chi connectivity index (χ3v) is 8.60.